The van der Waals surface area contributed by atoms with Crippen LogP contribution in [0, 0.1) is 6.92 Å². The molecule has 0 bridgehead atoms. The third-order valence-electron chi connectivity index (χ3n) is 2.68. The molecule has 2 rings (SSSR count). The smallest absolute Gasteiger partial charge is 0.128 e. The molecule has 0 aliphatic rings. The average Bonchev–Trinajstić information content (AvgIpc) is 2.76. The largest absolute Gasteiger partial charge is 0.496 e. The number of nitrogens with zero attached hydrogens (tertiary/aromatic N) is 1. The van der Waals surface area contributed by atoms with Crippen LogP contribution in [0.1, 0.15) is 17.5 Å². The van der Waals surface area contributed by atoms with Crippen LogP contribution in [0.2, 0.25) is 0 Å². The second kappa shape index (κ2) is 5.50. The first kappa shape index (κ1) is 13.1. The van der Waals surface area contributed by atoms with Crippen LogP contribution in [0.25, 0.3) is 11.3 Å². The van der Waals surface area contributed by atoms with Gasteiger partial charge in [-0.1, -0.05) is 11.6 Å². The second-order valence-electron chi connectivity index (χ2n) is 4.51. The Labute approximate surface area is 112 Å². The SMILES string of the molecule is COc1ccc(C)cc1-c1csc(CC(C)N)n1. The predicted octanol–water partition coefficient (Wildman–Crippen LogP) is 3.02. The lowest BCUT2D eigenvalue weighted by Crippen LogP contribution is -2.17. The van der Waals surface area contributed by atoms with Gasteiger partial charge in [0.1, 0.15) is 5.75 Å². The number of rotatable bonds is 4. The van der Waals surface area contributed by atoms with Crippen LogP contribution in [0.15, 0.2) is 23.6 Å². The molecule has 0 aliphatic carbocycles. The zero-order valence-electron chi connectivity index (χ0n) is 10.9. The minimum absolute atomic E-state index is 0.142. The standard InChI is InChI=1S/C14H18N2OS/c1-9-4-5-13(17-3)11(6-9)12-8-18-14(16-12)7-10(2)15/h4-6,8,10H,7,15H2,1-3H3. The van der Waals surface area contributed by atoms with Gasteiger partial charge in [0.05, 0.1) is 17.8 Å². The Morgan fingerprint density at radius 1 is 1.44 bits per heavy atom. The number of nitrogens with two attached hydrogens (primary N) is 1. The number of methoxy groups -OCH3 is 1. The van der Waals surface area contributed by atoms with Crippen molar-refractivity contribution in [1.82, 2.24) is 4.98 Å². The summed E-state index contributed by atoms with van der Waals surface area (Å²) in [5.41, 5.74) is 9.01. The van der Waals surface area contributed by atoms with Crippen molar-refractivity contribution < 1.29 is 4.74 Å². The van der Waals surface area contributed by atoms with E-state index in [1.54, 1.807) is 18.4 Å². The van der Waals surface area contributed by atoms with Crippen LogP contribution in [-0.2, 0) is 6.42 Å². The lowest BCUT2D eigenvalue weighted by atomic mass is 10.1. The number of ether oxygens (including phenoxy) is 1. The number of hydrogen-bond acceptors (Lipinski definition) is 4. The van der Waals surface area contributed by atoms with E-state index in [1.165, 1.54) is 5.56 Å². The molecule has 1 heterocycles. The van der Waals surface area contributed by atoms with Gasteiger partial charge in [-0.3, -0.25) is 0 Å². The fraction of sp³-hybridized carbons (Fsp3) is 0.357. The van der Waals surface area contributed by atoms with Gasteiger partial charge < -0.3 is 10.5 Å². The molecule has 0 amide bonds. The third kappa shape index (κ3) is 2.89. The minimum atomic E-state index is 0.142. The molecular formula is C14H18N2OS. The zero-order chi connectivity index (χ0) is 13.1. The summed E-state index contributed by atoms with van der Waals surface area (Å²) in [6.45, 7) is 4.06. The van der Waals surface area contributed by atoms with E-state index in [4.69, 9.17) is 10.5 Å². The quantitative estimate of drug-likeness (QED) is 0.921. The molecule has 1 aromatic heterocycles. The molecule has 0 radical (unpaired) electrons. The van der Waals surface area contributed by atoms with Gasteiger partial charge in [-0.25, -0.2) is 4.98 Å². The maximum atomic E-state index is 5.79. The molecule has 0 spiro atoms. The Morgan fingerprint density at radius 3 is 2.89 bits per heavy atom. The van der Waals surface area contributed by atoms with E-state index in [9.17, 15) is 0 Å². The number of thiazole rings is 1. The van der Waals surface area contributed by atoms with Crippen molar-refractivity contribution in [2.24, 2.45) is 5.73 Å². The van der Waals surface area contributed by atoms with E-state index in [0.29, 0.717) is 0 Å². The second-order valence-corrected chi connectivity index (χ2v) is 5.45. The third-order valence-corrected chi connectivity index (χ3v) is 3.55. The minimum Gasteiger partial charge on any atom is -0.496 e. The van der Waals surface area contributed by atoms with Gasteiger partial charge in [-0.15, -0.1) is 11.3 Å². The van der Waals surface area contributed by atoms with Crippen molar-refractivity contribution in [2.75, 3.05) is 7.11 Å². The van der Waals surface area contributed by atoms with Gasteiger partial charge in [0.25, 0.3) is 0 Å². The van der Waals surface area contributed by atoms with Gasteiger partial charge >= 0.3 is 0 Å². The van der Waals surface area contributed by atoms with Crippen molar-refractivity contribution in [3.05, 3.63) is 34.2 Å². The van der Waals surface area contributed by atoms with E-state index in [1.807, 2.05) is 19.1 Å². The van der Waals surface area contributed by atoms with Crippen LogP contribution >= 0.6 is 11.3 Å². The van der Waals surface area contributed by atoms with Gasteiger partial charge in [0, 0.05) is 23.4 Å². The summed E-state index contributed by atoms with van der Waals surface area (Å²) in [4.78, 5) is 4.63. The number of aryl methyl sites for hydroxylation is 1. The van der Waals surface area contributed by atoms with Crippen LogP contribution in [0.3, 0.4) is 0 Å². The summed E-state index contributed by atoms with van der Waals surface area (Å²) in [6, 6.07) is 6.26. The van der Waals surface area contributed by atoms with E-state index in [2.05, 4.69) is 23.4 Å². The Bertz CT molecular complexity index is 534. The fourth-order valence-corrected chi connectivity index (χ4v) is 2.76. The molecular weight excluding hydrogens is 244 g/mol. The monoisotopic (exact) mass is 262 g/mol. The summed E-state index contributed by atoms with van der Waals surface area (Å²) in [5, 5.41) is 3.14. The number of aromatic nitrogens is 1. The number of benzene rings is 1. The normalized spacial score (nSPS) is 12.4. The summed E-state index contributed by atoms with van der Waals surface area (Å²) < 4.78 is 5.39. The van der Waals surface area contributed by atoms with Crippen molar-refractivity contribution >= 4 is 11.3 Å². The zero-order valence-corrected chi connectivity index (χ0v) is 11.8. The molecule has 1 unspecified atom stereocenters. The lowest BCUT2D eigenvalue weighted by Gasteiger charge is -2.07. The van der Waals surface area contributed by atoms with Gasteiger partial charge in [0.2, 0.25) is 0 Å². The Kier molecular flexibility index (Phi) is 3.99. The molecule has 18 heavy (non-hydrogen) atoms. The Hall–Kier alpha value is -1.39. The summed E-state index contributed by atoms with van der Waals surface area (Å²) >= 11 is 1.65. The van der Waals surface area contributed by atoms with Crippen LogP contribution in [0.4, 0.5) is 0 Å². The topological polar surface area (TPSA) is 48.1 Å². The Morgan fingerprint density at radius 2 is 2.22 bits per heavy atom. The first-order valence-electron chi connectivity index (χ1n) is 5.95. The summed E-state index contributed by atoms with van der Waals surface area (Å²) in [5.74, 6) is 0.859. The molecule has 0 fully saturated rings. The number of hydrogen-bond donors (Lipinski definition) is 1. The summed E-state index contributed by atoms with van der Waals surface area (Å²) in [7, 11) is 1.68. The highest BCUT2D eigenvalue weighted by molar-refractivity contribution is 7.09. The summed E-state index contributed by atoms with van der Waals surface area (Å²) in [6.07, 6.45) is 0.818. The highest BCUT2D eigenvalue weighted by Crippen LogP contribution is 2.31. The molecule has 3 nitrogen and oxygen atoms in total. The first-order valence-corrected chi connectivity index (χ1v) is 6.83. The van der Waals surface area contributed by atoms with Crippen LogP contribution in [-0.4, -0.2) is 18.1 Å². The van der Waals surface area contributed by atoms with Gasteiger partial charge in [-0.2, -0.15) is 0 Å². The van der Waals surface area contributed by atoms with Crippen molar-refractivity contribution in [2.45, 2.75) is 26.3 Å². The van der Waals surface area contributed by atoms with Crippen molar-refractivity contribution in [1.29, 1.82) is 0 Å². The average molecular weight is 262 g/mol. The Balaban J connectivity index is 2.36. The lowest BCUT2D eigenvalue weighted by molar-refractivity contribution is 0.416. The van der Waals surface area contributed by atoms with Crippen molar-refractivity contribution in [3.8, 4) is 17.0 Å². The molecule has 0 aliphatic heterocycles. The van der Waals surface area contributed by atoms with E-state index >= 15 is 0 Å². The maximum Gasteiger partial charge on any atom is 0.128 e. The molecule has 4 heteroatoms. The van der Waals surface area contributed by atoms with E-state index in [-0.39, 0.29) is 6.04 Å². The van der Waals surface area contributed by atoms with Crippen LogP contribution in [0.5, 0.6) is 5.75 Å². The van der Waals surface area contributed by atoms with E-state index < -0.39 is 0 Å². The highest BCUT2D eigenvalue weighted by atomic mass is 32.1. The molecule has 0 saturated heterocycles. The molecule has 2 N–H and O–H groups in total. The molecule has 2 aromatic rings. The molecule has 1 atom stereocenters. The van der Waals surface area contributed by atoms with Gasteiger partial charge in [-0.05, 0) is 26.0 Å². The van der Waals surface area contributed by atoms with Gasteiger partial charge in [0.15, 0.2) is 0 Å². The van der Waals surface area contributed by atoms with Crippen LogP contribution < -0.4 is 10.5 Å². The highest BCUT2D eigenvalue weighted by Gasteiger charge is 2.11. The molecule has 0 saturated carbocycles. The van der Waals surface area contributed by atoms with E-state index in [0.717, 1.165) is 28.4 Å². The first-order chi connectivity index (χ1) is 8.60. The fourth-order valence-electron chi connectivity index (χ4n) is 1.83. The molecule has 96 valence electrons. The van der Waals surface area contributed by atoms with Crippen molar-refractivity contribution in [3.63, 3.8) is 0 Å². The maximum absolute atomic E-state index is 5.79. The predicted molar refractivity (Wildman–Crippen MR) is 76.2 cm³/mol. The molecule has 1 aromatic carbocycles.